The molecule has 3 aliphatic rings. The Bertz CT molecular complexity index is 2880. The average Bonchev–Trinajstić information content (AvgIpc) is 3.84. The van der Waals surface area contributed by atoms with Gasteiger partial charge in [0, 0.05) is 38.4 Å². The molecule has 0 amide bonds. The molecule has 0 saturated heterocycles. The summed E-state index contributed by atoms with van der Waals surface area (Å²) in [5.41, 5.74) is 10.3. The van der Waals surface area contributed by atoms with Crippen LogP contribution in [0.4, 0.5) is 5.69 Å². The summed E-state index contributed by atoms with van der Waals surface area (Å²) in [6.07, 6.45) is 5.35. The van der Waals surface area contributed by atoms with Crippen LogP contribution < -0.4 is 4.48 Å². The van der Waals surface area contributed by atoms with Crippen LogP contribution in [0.15, 0.2) is 66.7 Å². The predicted octanol–water partition coefficient (Wildman–Crippen LogP) is 10.9. The highest BCUT2D eigenvalue weighted by Gasteiger charge is 2.33. The van der Waals surface area contributed by atoms with E-state index in [1.165, 1.54) is 11.1 Å². The maximum absolute atomic E-state index is 5.39. The van der Waals surface area contributed by atoms with E-state index >= 15 is 0 Å². The number of hydrogen-bond donors (Lipinski definition) is 2. The fraction of sp³-hybridized carbons (Fsp3) is 0.362. The van der Waals surface area contributed by atoms with Gasteiger partial charge < -0.3 is 9.97 Å². The third-order valence-corrected chi connectivity index (χ3v) is 11.7. The van der Waals surface area contributed by atoms with Gasteiger partial charge in [0.1, 0.15) is 28.3 Å². The van der Waals surface area contributed by atoms with E-state index in [0.29, 0.717) is 50.6 Å². The van der Waals surface area contributed by atoms with Crippen LogP contribution in [0.1, 0.15) is 91.5 Å². The first-order valence-corrected chi connectivity index (χ1v) is 19.7. The molecule has 5 heterocycles. The zero-order valence-corrected chi connectivity index (χ0v) is 34.8. The highest BCUT2D eigenvalue weighted by atomic mass is 15.3. The van der Waals surface area contributed by atoms with Gasteiger partial charge in [0.25, 0.3) is 0 Å². The molecule has 1 unspecified atom stereocenters. The summed E-state index contributed by atoms with van der Waals surface area (Å²) in [5, 5.41) is 3.96. The van der Waals surface area contributed by atoms with Gasteiger partial charge in [-0.15, -0.1) is 0 Å². The van der Waals surface area contributed by atoms with Gasteiger partial charge >= 0.3 is 0 Å². The van der Waals surface area contributed by atoms with E-state index in [1.54, 1.807) is 0 Å². The summed E-state index contributed by atoms with van der Waals surface area (Å²) >= 11 is 0. The molecule has 56 heavy (non-hydrogen) atoms. The fourth-order valence-electron chi connectivity index (χ4n) is 8.13. The monoisotopic (exact) mass is 742 g/mol. The molecular weight excluding hydrogens is 691 g/mol. The van der Waals surface area contributed by atoms with Crippen LogP contribution >= 0.6 is 0 Å². The van der Waals surface area contributed by atoms with E-state index in [9.17, 15) is 0 Å². The lowest BCUT2D eigenvalue weighted by Crippen LogP contribution is -2.34. The first-order chi connectivity index (χ1) is 26.2. The van der Waals surface area contributed by atoms with Gasteiger partial charge in [-0.25, -0.2) is 29.9 Å². The van der Waals surface area contributed by atoms with Crippen LogP contribution in [0.2, 0.25) is 0 Å². The van der Waals surface area contributed by atoms with Gasteiger partial charge in [-0.1, -0.05) is 111 Å². The van der Waals surface area contributed by atoms with Crippen LogP contribution in [0, 0.1) is 11.3 Å². The lowest BCUT2D eigenvalue weighted by atomic mass is 9.74. The lowest BCUT2D eigenvalue weighted by molar-refractivity contribution is 0.297. The van der Waals surface area contributed by atoms with Crippen molar-refractivity contribution in [1.82, 2.24) is 44.4 Å². The minimum absolute atomic E-state index is 0.0593. The largest absolute Gasteiger partial charge is 0.324 e. The molecule has 9 rings (SSSR count). The Morgan fingerprint density at radius 3 is 1.86 bits per heavy atom. The number of fused-ring (bicyclic) bond motifs is 19. The van der Waals surface area contributed by atoms with Crippen molar-refractivity contribution < 1.29 is 0 Å². The van der Waals surface area contributed by atoms with Crippen LogP contribution in [-0.4, -0.2) is 61.0 Å². The van der Waals surface area contributed by atoms with Crippen molar-refractivity contribution in [3.63, 3.8) is 0 Å². The molecule has 284 valence electrons. The first kappa shape index (κ1) is 36.1. The van der Waals surface area contributed by atoms with E-state index in [4.69, 9.17) is 29.9 Å². The molecule has 6 aromatic rings. The van der Waals surface area contributed by atoms with Crippen molar-refractivity contribution in [3.8, 4) is 22.8 Å². The number of aromatic nitrogens is 8. The smallest absolute Gasteiger partial charge is 0.164 e. The van der Waals surface area contributed by atoms with E-state index in [-0.39, 0.29) is 16.2 Å². The number of aromatic amines is 2. The molecular formula is C47H52N9+. The Morgan fingerprint density at radius 2 is 1.16 bits per heavy atom. The van der Waals surface area contributed by atoms with Gasteiger partial charge in [0.2, 0.25) is 0 Å². The molecule has 0 spiro atoms. The molecule has 0 radical (unpaired) electrons. The third kappa shape index (κ3) is 5.95. The van der Waals surface area contributed by atoms with Gasteiger partial charge in [-0.2, -0.15) is 0 Å². The van der Waals surface area contributed by atoms with Crippen LogP contribution in [0.5, 0.6) is 0 Å². The highest BCUT2D eigenvalue weighted by molar-refractivity contribution is 6.11. The molecule has 2 N–H and O–H groups in total. The number of nitrogens with zero attached hydrogens (tertiary/aromatic N) is 7. The molecule has 1 aliphatic carbocycles. The number of H-pyrrole nitrogens is 2. The SMILES string of the molecule is CC(C)(C)c1ccc2c(c1)-c1nc-2nc2[nH]c(nc3nc(nc4[nH]c(n1)c1cccc([N+](C)(C)C)c41)C1=C3CC(C(C)(C)C)C=C1)c1ccc(C(C)(C)C)cc21. The summed E-state index contributed by atoms with van der Waals surface area (Å²) in [7, 11) is 6.54. The van der Waals surface area contributed by atoms with Gasteiger partial charge in [0.05, 0.1) is 26.5 Å². The number of nitrogens with one attached hydrogen (secondary N) is 2. The minimum Gasteiger partial charge on any atom is -0.324 e. The summed E-state index contributed by atoms with van der Waals surface area (Å²) in [4.78, 5) is 39.2. The van der Waals surface area contributed by atoms with Crippen LogP contribution in [0.3, 0.4) is 0 Å². The van der Waals surface area contributed by atoms with Crippen LogP contribution in [-0.2, 0) is 10.8 Å². The molecule has 9 heteroatoms. The molecule has 8 bridgehead atoms. The molecule has 2 aliphatic heterocycles. The summed E-state index contributed by atoms with van der Waals surface area (Å²) in [6.45, 7) is 20.3. The number of allylic oxidation sites excluding steroid dienone is 4. The predicted molar refractivity (Wildman–Crippen MR) is 232 cm³/mol. The second kappa shape index (κ2) is 12.0. The molecule has 1 atom stereocenters. The topological polar surface area (TPSA) is 109 Å². The van der Waals surface area contributed by atoms with Crippen molar-refractivity contribution in [3.05, 3.63) is 89.5 Å². The van der Waals surface area contributed by atoms with E-state index < -0.39 is 0 Å². The van der Waals surface area contributed by atoms with E-state index in [1.807, 2.05) is 0 Å². The number of hydrogen-bond acceptors (Lipinski definition) is 6. The molecule has 9 nitrogen and oxygen atoms in total. The zero-order valence-electron chi connectivity index (χ0n) is 34.8. The number of rotatable bonds is 1. The van der Waals surface area contributed by atoms with Gasteiger partial charge in [-0.05, 0) is 57.9 Å². The van der Waals surface area contributed by atoms with Crippen molar-refractivity contribution >= 4 is 61.0 Å². The lowest BCUT2D eigenvalue weighted by Gasteiger charge is -2.30. The Kier molecular flexibility index (Phi) is 7.73. The summed E-state index contributed by atoms with van der Waals surface area (Å²) in [6, 6.07) is 19.6. The van der Waals surface area contributed by atoms with Crippen molar-refractivity contribution in [2.45, 2.75) is 79.6 Å². The summed E-state index contributed by atoms with van der Waals surface area (Å²) in [5.74, 6) is 2.87. The Morgan fingerprint density at radius 1 is 0.571 bits per heavy atom. The molecule has 3 aromatic heterocycles. The standard InChI is InChI=1S/C47H52N9/c1-45(2,3)25-16-19-28-32(22-25)41-48-37(28)50-42-34-24-27(47(7,8)9)18-21-30(34)39(52-42)54-44-36-31(14-13-15-35(36)56(10,11)12)40(55-44)53-43-33-23-26(46(4,5)6)17-20-29(33)38(49-41)51-43/h13-23,27H,24H2,1-12H3,(H2,48,49,50,51,52,53,54,55)/q+1. The minimum atomic E-state index is -0.0683. The van der Waals surface area contributed by atoms with Crippen LogP contribution in [0.25, 0.3) is 78.1 Å². The van der Waals surface area contributed by atoms with Gasteiger partial charge in [-0.3, -0.25) is 4.48 Å². The van der Waals surface area contributed by atoms with Crippen molar-refractivity contribution in [2.75, 3.05) is 21.1 Å². The molecule has 0 fully saturated rings. The normalized spacial score (nSPS) is 16.2. The second-order valence-electron chi connectivity index (χ2n) is 19.8. The first-order valence-electron chi connectivity index (χ1n) is 19.7. The zero-order chi connectivity index (χ0) is 39.7. The Balaban J connectivity index is 1.46. The summed E-state index contributed by atoms with van der Waals surface area (Å²) < 4.78 is 0.603. The fourth-order valence-corrected chi connectivity index (χ4v) is 8.13. The van der Waals surface area contributed by atoms with E-state index in [2.05, 4.69) is 160 Å². The Hall–Kier alpha value is -5.54. The molecule has 3 aromatic carbocycles. The maximum Gasteiger partial charge on any atom is 0.164 e. The second-order valence-corrected chi connectivity index (χ2v) is 19.8. The number of benzene rings is 3. The van der Waals surface area contributed by atoms with Crippen molar-refractivity contribution in [2.24, 2.45) is 11.3 Å². The quantitative estimate of drug-likeness (QED) is 0.162. The van der Waals surface area contributed by atoms with Crippen molar-refractivity contribution in [1.29, 1.82) is 0 Å². The van der Waals surface area contributed by atoms with Gasteiger partial charge in [0.15, 0.2) is 23.3 Å². The Labute approximate surface area is 328 Å². The molecule has 0 saturated carbocycles. The third-order valence-electron chi connectivity index (χ3n) is 11.7. The highest BCUT2D eigenvalue weighted by Crippen LogP contribution is 2.45. The average molecular weight is 743 g/mol. The number of quaternary nitrogens is 1. The maximum atomic E-state index is 5.39. The van der Waals surface area contributed by atoms with E-state index in [0.717, 1.165) is 61.6 Å².